The monoisotopic (exact) mass is 210 g/mol. The second kappa shape index (κ2) is 6.92. The van der Waals surface area contributed by atoms with Crippen LogP contribution in [0.15, 0.2) is 12.3 Å². The van der Waals surface area contributed by atoms with Crippen molar-refractivity contribution in [3.05, 3.63) is 12.3 Å². The summed E-state index contributed by atoms with van der Waals surface area (Å²) in [5.74, 6) is 0. The highest BCUT2D eigenvalue weighted by atomic mass is 16.5. The molecule has 0 radical (unpaired) electrons. The van der Waals surface area contributed by atoms with Gasteiger partial charge in [0.2, 0.25) is 0 Å². The van der Waals surface area contributed by atoms with Crippen molar-refractivity contribution in [2.24, 2.45) is 0 Å². The van der Waals surface area contributed by atoms with E-state index in [-0.39, 0.29) is 5.60 Å². The molecule has 0 unspecified atom stereocenters. The van der Waals surface area contributed by atoms with Gasteiger partial charge in [0, 0.05) is 6.42 Å². The number of unbranched alkanes of at least 4 members (excludes halogenated alkanes) is 4. The lowest BCUT2D eigenvalue weighted by molar-refractivity contribution is 0.0230. The molecule has 0 aromatic rings. The predicted molar refractivity (Wildman–Crippen MR) is 65.9 cm³/mol. The summed E-state index contributed by atoms with van der Waals surface area (Å²) >= 11 is 0. The summed E-state index contributed by atoms with van der Waals surface area (Å²) in [7, 11) is 0. The van der Waals surface area contributed by atoms with Crippen LogP contribution in [0.2, 0.25) is 0 Å². The van der Waals surface area contributed by atoms with Gasteiger partial charge in [-0.15, -0.1) is 0 Å². The van der Waals surface area contributed by atoms with Crippen molar-refractivity contribution in [1.82, 2.24) is 0 Å². The number of rotatable bonds is 8. The van der Waals surface area contributed by atoms with Gasteiger partial charge >= 0.3 is 0 Å². The molecule has 0 aromatic heterocycles. The molecule has 1 heterocycles. The van der Waals surface area contributed by atoms with Crippen molar-refractivity contribution in [2.75, 3.05) is 0 Å². The summed E-state index contributed by atoms with van der Waals surface area (Å²) in [4.78, 5) is 0. The smallest absolute Gasteiger partial charge is 0.112 e. The Kier molecular flexibility index (Phi) is 5.82. The van der Waals surface area contributed by atoms with E-state index in [4.69, 9.17) is 4.74 Å². The van der Waals surface area contributed by atoms with Gasteiger partial charge in [-0.1, -0.05) is 39.5 Å². The van der Waals surface area contributed by atoms with Crippen molar-refractivity contribution in [3.8, 4) is 0 Å². The maximum atomic E-state index is 5.85. The molecule has 0 aliphatic carbocycles. The van der Waals surface area contributed by atoms with Crippen LogP contribution < -0.4 is 0 Å². The Morgan fingerprint density at radius 3 is 2.00 bits per heavy atom. The summed E-state index contributed by atoms with van der Waals surface area (Å²) in [6, 6.07) is 0. The molecular weight excluding hydrogens is 184 g/mol. The highest BCUT2D eigenvalue weighted by Crippen LogP contribution is 2.34. The van der Waals surface area contributed by atoms with E-state index in [9.17, 15) is 0 Å². The van der Waals surface area contributed by atoms with E-state index in [0.717, 1.165) is 6.42 Å². The van der Waals surface area contributed by atoms with Gasteiger partial charge in [-0.2, -0.15) is 0 Å². The average Bonchev–Trinajstić information content (AvgIpc) is 2.68. The van der Waals surface area contributed by atoms with E-state index in [1.165, 1.54) is 51.4 Å². The molecule has 0 amide bonds. The van der Waals surface area contributed by atoms with Gasteiger partial charge in [0.05, 0.1) is 6.26 Å². The van der Waals surface area contributed by atoms with Crippen LogP contribution in [0.1, 0.15) is 71.6 Å². The van der Waals surface area contributed by atoms with Crippen LogP contribution in [-0.4, -0.2) is 5.60 Å². The summed E-state index contributed by atoms with van der Waals surface area (Å²) in [6.07, 6.45) is 15.7. The standard InChI is InChI=1S/C14H26O/c1-3-5-7-10-14(11-8-6-4-2)12-9-13-15-14/h9,13H,3-8,10-12H2,1-2H3. The molecule has 1 aliphatic heterocycles. The van der Waals surface area contributed by atoms with Gasteiger partial charge in [-0.3, -0.25) is 0 Å². The van der Waals surface area contributed by atoms with Gasteiger partial charge in [0.25, 0.3) is 0 Å². The molecule has 1 nitrogen and oxygen atoms in total. The molecule has 0 fully saturated rings. The second-order valence-corrected chi connectivity index (χ2v) is 4.79. The largest absolute Gasteiger partial charge is 0.495 e. The van der Waals surface area contributed by atoms with Crippen molar-refractivity contribution in [2.45, 2.75) is 77.2 Å². The molecule has 0 spiro atoms. The van der Waals surface area contributed by atoms with Gasteiger partial charge in [-0.05, 0) is 31.8 Å². The van der Waals surface area contributed by atoms with Crippen LogP contribution >= 0.6 is 0 Å². The second-order valence-electron chi connectivity index (χ2n) is 4.79. The molecule has 0 aromatic carbocycles. The van der Waals surface area contributed by atoms with Crippen LogP contribution in [0.5, 0.6) is 0 Å². The zero-order chi connectivity index (χ0) is 11.0. The van der Waals surface area contributed by atoms with E-state index in [1.807, 2.05) is 6.26 Å². The quantitative estimate of drug-likeness (QED) is 0.522. The molecule has 0 atom stereocenters. The number of ether oxygens (including phenoxy) is 1. The Morgan fingerprint density at radius 1 is 1.00 bits per heavy atom. The van der Waals surface area contributed by atoms with E-state index in [1.54, 1.807) is 0 Å². The molecule has 1 rings (SSSR count). The third-order valence-electron chi connectivity index (χ3n) is 3.38. The minimum absolute atomic E-state index is 0.185. The molecule has 0 N–H and O–H groups in total. The Labute approximate surface area is 94.9 Å². The van der Waals surface area contributed by atoms with Crippen LogP contribution in [0.4, 0.5) is 0 Å². The first kappa shape index (κ1) is 12.6. The Bertz CT molecular complexity index is 164. The van der Waals surface area contributed by atoms with Crippen LogP contribution in [0, 0.1) is 0 Å². The molecule has 15 heavy (non-hydrogen) atoms. The summed E-state index contributed by atoms with van der Waals surface area (Å²) in [6.45, 7) is 4.52. The molecule has 1 aliphatic rings. The molecule has 88 valence electrons. The third kappa shape index (κ3) is 4.27. The van der Waals surface area contributed by atoms with E-state index in [2.05, 4.69) is 19.9 Å². The Balaban J connectivity index is 2.27. The zero-order valence-electron chi connectivity index (χ0n) is 10.4. The normalized spacial score (nSPS) is 18.0. The van der Waals surface area contributed by atoms with Crippen LogP contribution in [0.25, 0.3) is 0 Å². The first-order valence-electron chi connectivity index (χ1n) is 6.66. The first-order chi connectivity index (χ1) is 7.33. The fourth-order valence-corrected chi connectivity index (χ4v) is 2.34. The maximum Gasteiger partial charge on any atom is 0.112 e. The summed E-state index contributed by atoms with van der Waals surface area (Å²) < 4.78 is 5.85. The van der Waals surface area contributed by atoms with E-state index >= 15 is 0 Å². The topological polar surface area (TPSA) is 9.23 Å². The lowest BCUT2D eigenvalue weighted by atomic mass is 9.88. The molecule has 0 saturated carbocycles. The summed E-state index contributed by atoms with van der Waals surface area (Å²) in [5.41, 5.74) is 0.185. The van der Waals surface area contributed by atoms with E-state index in [0.29, 0.717) is 0 Å². The minimum atomic E-state index is 0.185. The average molecular weight is 210 g/mol. The highest BCUT2D eigenvalue weighted by Gasteiger charge is 2.31. The minimum Gasteiger partial charge on any atom is -0.495 e. The molecule has 0 bridgehead atoms. The van der Waals surface area contributed by atoms with Gasteiger partial charge in [-0.25, -0.2) is 0 Å². The van der Waals surface area contributed by atoms with Crippen molar-refractivity contribution in [3.63, 3.8) is 0 Å². The maximum absolute atomic E-state index is 5.85. The fraction of sp³-hybridized carbons (Fsp3) is 0.857. The summed E-state index contributed by atoms with van der Waals surface area (Å²) in [5, 5.41) is 0. The molecule has 0 saturated heterocycles. The van der Waals surface area contributed by atoms with Gasteiger partial charge < -0.3 is 4.74 Å². The fourth-order valence-electron chi connectivity index (χ4n) is 2.34. The third-order valence-corrected chi connectivity index (χ3v) is 3.38. The SMILES string of the molecule is CCCCCC1(CCCCC)CC=CO1. The first-order valence-corrected chi connectivity index (χ1v) is 6.66. The zero-order valence-corrected chi connectivity index (χ0v) is 10.4. The van der Waals surface area contributed by atoms with Crippen molar-refractivity contribution in [1.29, 1.82) is 0 Å². The Morgan fingerprint density at radius 2 is 1.60 bits per heavy atom. The van der Waals surface area contributed by atoms with Gasteiger partial charge in [0.15, 0.2) is 0 Å². The lowest BCUT2D eigenvalue weighted by Crippen LogP contribution is -2.27. The van der Waals surface area contributed by atoms with Crippen LogP contribution in [-0.2, 0) is 4.74 Å². The van der Waals surface area contributed by atoms with E-state index < -0.39 is 0 Å². The molecule has 1 heteroatoms. The number of hydrogen-bond donors (Lipinski definition) is 0. The molecular formula is C14H26O. The van der Waals surface area contributed by atoms with Crippen LogP contribution in [0.3, 0.4) is 0 Å². The van der Waals surface area contributed by atoms with Gasteiger partial charge in [0.1, 0.15) is 5.60 Å². The lowest BCUT2D eigenvalue weighted by Gasteiger charge is -2.29. The predicted octanol–water partition coefficient (Wildman–Crippen LogP) is 4.82. The number of hydrogen-bond acceptors (Lipinski definition) is 1. The Hall–Kier alpha value is -0.460. The van der Waals surface area contributed by atoms with Crippen molar-refractivity contribution < 1.29 is 4.74 Å². The van der Waals surface area contributed by atoms with Crippen molar-refractivity contribution >= 4 is 0 Å². The highest BCUT2D eigenvalue weighted by molar-refractivity contribution is 4.97.